The van der Waals surface area contributed by atoms with Gasteiger partial charge in [-0.25, -0.2) is 0 Å². The van der Waals surface area contributed by atoms with E-state index in [9.17, 15) is 0 Å². The van der Waals surface area contributed by atoms with Gasteiger partial charge in [-0.3, -0.25) is 0 Å². The van der Waals surface area contributed by atoms with Gasteiger partial charge in [-0.15, -0.1) is 0 Å². The molecule has 7 nitrogen and oxygen atoms in total. The van der Waals surface area contributed by atoms with Crippen molar-refractivity contribution in [2.45, 2.75) is 87.7 Å². The molecule has 0 aliphatic carbocycles. The van der Waals surface area contributed by atoms with Crippen molar-refractivity contribution in [1.29, 1.82) is 0 Å². The van der Waals surface area contributed by atoms with E-state index in [1.807, 2.05) is 34.7 Å². The number of nitrogens with zero attached hydrogens (tertiary/aromatic N) is 2. The van der Waals surface area contributed by atoms with E-state index in [0.717, 1.165) is 39.4 Å². The van der Waals surface area contributed by atoms with Crippen molar-refractivity contribution in [3.8, 4) is 0 Å². The van der Waals surface area contributed by atoms with Crippen LogP contribution in [0.15, 0.2) is 0 Å². The summed E-state index contributed by atoms with van der Waals surface area (Å²) in [6.45, 7) is 23.4. The van der Waals surface area contributed by atoms with Gasteiger partial charge in [0.25, 0.3) is 0 Å². The molecule has 2 aliphatic heterocycles. The van der Waals surface area contributed by atoms with E-state index in [2.05, 4.69) is 50.0 Å². The number of likely N-dealkylation sites (N-methyl/N-ethyl adjacent to an activating group) is 2. The minimum Gasteiger partial charge on any atom is -0.353 e. The lowest BCUT2D eigenvalue weighted by molar-refractivity contribution is -0.167. The molecule has 2 heterocycles. The van der Waals surface area contributed by atoms with Crippen LogP contribution in [-0.4, -0.2) is 103 Å². The Morgan fingerprint density at radius 3 is 1.44 bits per heavy atom. The summed E-state index contributed by atoms with van der Waals surface area (Å²) in [6.07, 6.45) is 3.53. The third-order valence-electron chi connectivity index (χ3n) is 4.02. The minimum atomic E-state index is -0.0370. The first-order valence-electron chi connectivity index (χ1n) is 12.3. The highest BCUT2D eigenvalue weighted by Crippen LogP contribution is 2.01. The van der Waals surface area contributed by atoms with E-state index >= 15 is 0 Å². The van der Waals surface area contributed by atoms with Gasteiger partial charge in [0, 0.05) is 39.4 Å². The fourth-order valence-electron chi connectivity index (χ4n) is 2.28. The molecule has 2 rings (SSSR count). The number of ether oxygens (including phenoxy) is 4. The first kappa shape index (κ1) is 39.0. The average Bonchev–Trinajstić information content (AvgIpc) is 2.74. The van der Waals surface area contributed by atoms with Crippen molar-refractivity contribution in [3.05, 3.63) is 0 Å². The minimum absolute atomic E-state index is 0. The van der Waals surface area contributed by atoms with E-state index < -0.39 is 0 Å². The second-order valence-corrected chi connectivity index (χ2v) is 7.56. The van der Waals surface area contributed by atoms with Gasteiger partial charge in [0.15, 0.2) is 12.6 Å². The summed E-state index contributed by atoms with van der Waals surface area (Å²) in [5.41, 5.74) is 0. The second kappa shape index (κ2) is 32.9. The zero-order valence-corrected chi connectivity index (χ0v) is 22.7. The third-order valence-corrected chi connectivity index (χ3v) is 4.02. The Labute approximate surface area is 202 Å². The molecule has 0 spiro atoms. The third kappa shape index (κ3) is 37.1. The van der Waals surface area contributed by atoms with Crippen molar-refractivity contribution < 1.29 is 18.9 Å². The van der Waals surface area contributed by atoms with Crippen molar-refractivity contribution in [2.75, 3.05) is 80.3 Å². The van der Waals surface area contributed by atoms with E-state index in [0.29, 0.717) is 0 Å². The van der Waals surface area contributed by atoms with Gasteiger partial charge in [0.2, 0.25) is 0 Å². The Kier molecular flexibility index (Phi) is 40.0. The van der Waals surface area contributed by atoms with Crippen LogP contribution in [0.5, 0.6) is 0 Å². The summed E-state index contributed by atoms with van der Waals surface area (Å²) in [5.74, 6) is 0. The maximum Gasteiger partial charge on any atom is 0.154 e. The summed E-state index contributed by atoms with van der Waals surface area (Å²) in [5, 5.41) is 3.02. The molecule has 0 unspecified atom stereocenters. The van der Waals surface area contributed by atoms with Gasteiger partial charge in [0.05, 0.1) is 13.2 Å². The highest BCUT2D eigenvalue weighted by atomic mass is 16.7. The maximum atomic E-state index is 5.06. The molecule has 2 saturated heterocycles. The molecule has 2 fully saturated rings. The van der Waals surface area contributed by atoms with Crippen molar-refractivity contribution in [3.63, 3.8) is 0 Å². The number of hydrogen-bond acceptors (Lipinski definition) is 7. The van der Waals surface area contributed by atoms with Crippen LogP contribution in [0.3, 0.4) is 0 Å². The molecule has 32 heavy (non-hydrogen) atoms. The first-order valence-corrected chi connectivity index (χ1v) is 12.3. The quantitative estimate of drug-likeness (QED) is 0.568. The summed E-state index contributed by atoms with van der Waals surface area (Å²) in [6, 6.07) is 0. The van der Waals surface area contributed by atoms with Crippen LogP contribution in [0.25, 0.3) is 0 Å². The molecule has 0 bridgehead atoms. The molecule has 2 aliphatic rings. The molecule has 0 radical (unpaired) electrons. The Bertz CT molecular complexity index is 281. The topological polar surface area (TPSA) is 55.4 Å². The molecular formula is C25H61N3O4. The molecule has 0 atom stereocenters. The van der Waals surface area contributed by atoms with Crippen LogP contribution >= 0.6 is 0 Å². The zero-order valence-electron chi connectivity index (χ0n) is 22.7. The van der Waals surface area contributed by atoms with Crippen LogP contribution in [0.1, 0.15) is 75.2 Å². The molecule has 200 valence electrons. The SMILES string of the molecule is C.CC1OCCCO1.CCC.CCCNC.CCOC(C)OCC.CN1CCN(C)CC1. The average molecular weight is 468 g/mol. The largest absolute Gasteiger partial charge is 0.353 e. The normalized spacial score (nSPS) is 16.6. The van der Waals surface area contributed by atoms with Gasteiger partial charge >= 0.3 is 0 Å². The predicted molar refractivity (Wildman–Crippen MR) is 141 cm³/mol. The van der Waals surface area contributed by atoms with Crippen LogP contribution in [-0.2, 0) is 18.9 Å². The smallest absolute Gasteiger partial charge is 0.154 e. The molecule has 1 N–H and O–H groups in total. The molecular weight excluding hydrogens is 406 g/mol. The molecule has 0 saturated carbocycles. The second-order valence-electron chi connectivity index (χ2n) is 7.56. The highest BCUT2D eigenvalue weighted by Gasteiger charge is 2.08. The van der Waals surface area contributed by atoms with Gasteiger partial charge in [0.1, 0.15) is 0 Å². The van der Waals surface area contributed by atoms with E-state index in [1.54, 1.807) is 0 Å². The van der Waals surface area contributed by atoms with Crippen molar-refractivity contribution in [1.82, 2.24) is 15.1 Å². The van der Waals surface area contributed by atoms with Gasteiger partial charge < -0.3 is 34.1 Å². The monoisotopic (exact) mass is 467 g/mol. The van der Waals surface area contributed by atoms with E-state index in [4.69, 9.17) is 18.9 Å². The standard InChI is InChI=1S/C6H14N2.C6H14O2.C5H10O2.C4H11N.C3H8.CH4/c1-7-3-5-8(2)6-4-7;1-4-7-6(3)8-5-2;1-5-6-3-2-4-7-5;1-3-4-5-2;1-3-2;/h3-6H2,1-2H3;6H,4-5H2,1-3H3;5H,2-4H2,1H3;5H,3-4H2,1-2H3;3H2,1-2H3;1H4. The van der Waals surface area contributed by atoms with Crippen molar-refractivity contribution >= 4 is 0 Å². The van der Waals surface area contributed by atoms with Gasteiger partial charge in [-0.05, 0) is 68.2 Å². The van der Waals surface area contributed by atoms with Crippen molar-refractivity contribution in [2.24, 2.45) is 0 Å². The van der Waals surface area contributed by atoms with E-state index in [-0.39, 0.29) is 20.0 Å². The maximum absolute atomic E-state index is 5.06. The highest BCUT2D eigenvalue weighted by molar-refractivity contribution is 4.64. The fourth-order valence-corrected chi connectivity index (χ4v) is 2.28. The van der Waals surface area contributed by atoms with E-state index in [1.165, 1.54) is 39.0 Å². The Morgan fingerprint density at radius 1 is 0.875 bits per heavy atom. The summed E-state index contributed by atoms with van der Waals surface area (Å²) < 4.78 is 20.2. The molecule has 0 aromatic heterocycles. The van der Waals surface area contributed by atoms with Gasteiger partial charge in [-0.1, -0.05) is 34.6 Å². The molecule has 7 heteroatoms. The lowest BCUT2D eigenvalue weighted by Gasteiger charge is -2.28. The number of piperazine rings is 1. The number of nitrogens with one attached hydrogen (secondary N) is 1. The van der Waals surface area contributed by atoms with Crippen LogP contribution in [0, 0.1) is 0 Å². The molecule has 0 aromatic rings. The Balaban J connectivity index is -0.000000157. The number of rotatable bonds is 6. The Morgan fingerprint density at radius 2 is 1.25 bits per heavy atom. The summed E-state index contributed by atoms with van der Waals surface area (Å²) >= 11 is 0. The first-order chi connectivity index (χ1) is 14.8. The lowest BCUT2D eigenvalue weighted by Crippen LogP contribution is -2.42. The van der Waals surface area contributed by atoms with Crippen LogP contribution < -0.4 is 5.32 Å². The Hall–Kier alpha value is -0.280. The summed E-state index contributed by atoms with van der Waals surface area (Å²) in [7, 11) is 6.31. The van der Waals surface area contributed by atoms with Crippen LogP contribution in [0.4, 0.5) is 0 Å². The fraction of sp³-hybridized carbons (Fsp3) is 1.00. The zero-order chi connectivity index (χ0) is 24.3. The lowest BCUT2D eigenvalue weighted by atomic mass is 10.4. The predicted octanol–water partition coefficient (Wildman–Crippen LogP) is 4.71. The van der Waals surface area contributed by atoms with Crippen LogP contribution in [0.2, 0.25) is 0 Å². The number of hydrogen-bond donors (Lipinski definition) is 1. The molecule has 0 amide bonds. The summed E-state index contributed by atoms with van der Waals surface area (Å²) in [4.78, 5) is 4.72. The molecule has 0 aromatic carbocycles. The van der Waals surface area contributed by atoms with Gasteiger partial charge in [-0.2, -0.15) is 0 Å².